The number of nitrogens with zero attached hydrogens (tertiary/aromatic N) is 4. The summed E-state index contributed by atoms with van der Waals surface area (Å²) < 4.78 is 1.98. The van der Waals surface area contributed by atoms with Crippen LogP contribution in [0.5, 0.6) is 0 Å². The zero-order chi connectivity index (χ0) is 19.5. The Morgan fingerprint density at radius 1 is 1.21 bits per heavy atom. The molecule has 2 saturated heterocycles. The Kier molecular flexibility index (Phi) is 5.78. The minimum atomic E-state index is 0.338. The largest absolute Gasteiger partial charge is 0.338 e. The fourth-order valence-electron chi connectivity index (χ4n) is 4.70. The highest BCUT2D eigenvalue weighted by molar-refractivity contribution is 5.77. The number of piperidine rings is 2. The van der Waals surface area contributed by atoms with Crippen LogP contribution >= 0.6 is 0 Å². The van der Waals surface area contributed by atoms with Crippen LogP contribution < -0.4 is 5.32 Å². The molecule has 1 amide bonds. The topological polar surface area (TPSA) is 53.4 Å². The summed E-state index contributed by atoms with van der Waals surface area (Å²) >= 11 is 0. The first-order valence-electron chi connectivity index (χ1n) is 10.4. The zero-order valence-corrected chi connectivity index (χ0v) is 17.0. The lowest BCUT2D eigenvalue weighted by atomic mass is 9.83. The molecule has 0 spiro atoms. The molecule has 4 rings (SSSR count). The number of rotatable bonds is 6. The van der Waals surface area contributed by atoms with Crippen LogP contribution in [0.15, 0.2) is 36.5 Å². The van der Waals surface area contributed by atoms with E-state index in [1.54, 1.807) is 0 Å². The van der Waals surface area contributed by atoms with Gasteiger partial charge in [-0.15, -0.1) is 0 Å². The van der Waals surface area contributed by atoms with Gasteiger partial charge in [0.15, 0.2) is 0 Å². The molecular formula is C22H31N5O. The van der Waals surface area contributed by atoms with E-state index < -0.39 is 0 Å². The molecular weight excluding hydrogens is 350 g/mol. The van der Waals surface area contributed by atoms with Crippen LogP contribution in [-0.4, -0.2) is 64.8 Å². The lowest BCUT2D eigenvalue weighted by Crippen LogP contribution is -2.56. The molecule has 2 atom stereocenters. The number of fused-ring (bicyclic) bond motifs is 1. The van der Waals surface area contributed by atoms with Gasteiger partial charge in [0.2, 0.25) is 5.91 Å². The van der Waals surface area contributed by atoms with E-state index in [1.165, 1.54) is 5.56 Å². The van der Waals surface area contributed by atoms with E-state index >= 15 is 0 Å². The molecule has 3 heterocycles. The molecule has 2 aliphatic heterocycles. The molecule has 0 bridgehead atoms. The molecule has 2 fully saturated rings. The number of carbonyl (C=O) groups is 1. The van der Waals surface area contributed by atoms with Gasteiger partial charge in [0.05, 0.1) is 11.4 Å². The predicted octanol–water partition coefficient (Wildman–Crippen LogP) is 2.21. The minimum Gasteiger partial charge on any atom is -0.338 e. The number of hydrogen-bond donors (Lipinski definition) is 1. The van der Waals surface area contributed by atoms with E-state index in [1.807, 2.05) is 29.9 Å². The lowest BCUT2D eigenvalue weighted by Gasteiger charge is -2.47. The van der Waals surface area contributed by atoms with Crippen molar-refractivity contribution in [3.8, 4) is 5.69 Å². The average Bonchev–Trinajstić information content (AvgIpc) is 3.08. The molecule has 6 heteroatoms. The van der Waals surface area contributed by atoms with Crippen molar-refractivity contribution in [2.24, 2.45) is 5.92 Å². The zero-order valence-electron chi connectivity index (χ0n) is 17.0. The Morgan fingerprint density at radius 2 is 2.04 bits per heavy atom. The average molecular weight is 382 g/mol. The van der Waals surface area contributed by atoms with Crippen LogP contribution in [0.3, 0.4) is 0 Å². The van der Waals surface area contributed by atoms with Gasteiger partial charge in [0.1, 0.15) is 0 Å². The molecule has 150 valence electrons. The predicted molar refractivity (Wildman–Crippen MR) is 110 cm³/mol. The van der Waals surface area contributed by atoms with Crippen LogP contribution in [0, 0.1) is 12.8 Å². The molecule has 6 nitrogen and oxygen atoms in total. The van der Waals surface area contributed by atoms with Crippen molar-refractivity contribution in [1.29, 1.82) is 0 Å². The number of aryl methyl sites for hydroxylation is 1. The maximum atomic E-state index is 12.4. The number of aromatic nitrogens is 2. The fourth-order valence-corrected chi connectivity index (χ4v) is 4.70. The summed E-state index contributed by atoms with van der Waals surface area (Å²) in [5, 5.41) is 7.89. The van der Waals surface area contributed by atoms with Gasteiger partial charge in [0.25, 0.3) is 0 Å². The molecule has 2 aromatic rings. The Balaban J connectivity index is 1.41. The minimum absolute atomic E-state index is 0.338. The third-order valence-electron chi connectivity index (χ3n) is 6.25. The number of likely N-dealkylation sites (tertiary alicyclic amines) is 2. The van der Waals surface area contributed by atoms with Crippen LogP contribution in [0.25, 0.3) is 5.69 Å². The van der Waals surface area contributed by atoms with Gasteiger partial charge in [-0.05, 0) is 44.9 Å². The molecule has 0 saturated carbocycles. The van der Waals surface area contributed by atoms with Crippen LogP contribution in [-0.2, 0) is 11.3 Å². The van der Waals surface area contributed by atoms with Gasteiger partial charge in [-0.3, -0.25) is 9.69 Å². The maximum absolute atomic E-state index is 12.4. The van der Waals surface area contributed by atoms with E-state index in [9.17, 15) is 4.79 Å². The van der Waals surface area contributed by atoms with E-state index in [-0.39, 0.29) is 0 Å². The summed E-state index contributed by atoms with van der Waals surface area (Å²) in [6, 6.07) is 10.7. The number of nitrogens with one attached hydrogen (secondary N) is 1. The molecule has 0 radical (unpaired) electrons. The molecule has 0 aliphatic carbocycles. The van der Waals surface area contributed by atoms with Gasteiger partial charge in [-0.2, -0.15) is 5.10 Å². The number of benzene rings is 1. The van der Waals surface area contributed by atoms with Gasteiger partial charge in [-0.25, -0.2) is 4.68 Å². The lowest BCUT2D eigenvalue weighted by molar-refractivity contribution is -0.141. The van der Waals surface area contributed by atoms with Crippen molar-refractivity contribution in [3.05, 3.63) is 47.8 Å². The molecule has 1 aromatic heterocycles. The number of amides is 1. The standard InChI is InChI=1S/C22H31N5O/c1-17-19(16-27(24-17)20-6-4-3-5-7-20)15-25-12-10-21-18(14-25)8-9-22(28)26(21)13-11-23-2/h3-7,16,18,21,23H,8-15H2,1-2H3. The molecule has 1 N–H and O–H groups in total. The fraction of sp³-hybridized carbons (Fsp3) is 0.545. The second kappa shape index (κ2) is 8.45. The van der Waals surface area contributed by atoms with E-state index in [0.717, 1.165) is 56.9 Å². The summed E-state index contributed by atoms with van der Waals surface area (Å²) in [7, 11) is 1.95. The highest BCUT2D eigenvalue weighted by Crippen LogP contribution is 2.32. The van der Waals surface area contributed by atoms with Crippen LogP contribution in [0.1, 0.15) is 30.5 Å². The number of para-hydroxylation sites is 1. The summed E-state index contributed by atoms with van der Waals surface area (Å²) in [6.45, 7) is 6.85. The Morgan fingerprint density at radius 3 is 2.82 bits per heavy atom. The third-order valence-corrected chi connectivity index (χ3v) is 6.25. The molecule has 28 heavy (non-hydrogen) atoms. The van der Waals surface area contributed by atoms with Crippen molar-refractivity contribution in [2.75, 3.05) is 33.2 Å². The Bertz CT molecular complexity index is 803. The van der Waals surface area contributed by atoms with E-state index in [0.29, 0.717) is 24.3 Å². The van der Waals surface area contributed by atoms with Crippen molar-refractivity contribution in [2.45, 2.75) is 38.8 Å². The van der Waals surface area contributed by atoms with Gasteiger partial charge < -0.3 is 10.2 Å². The Labute approximate surface area is 167 Å². The van der Waals surface area contributed by atoms with E-state index in [2.05, 4.69) is 40.4 Å². The van der Waals surface area contributed by atoms with Crippen molar-refractivity contribution in [3.63, 3.8) is 0 Å². The summed E-state index contributed by atoms with van der Waals surface area (Å²) in [6.07, 6.45) is 4.97. The van der Waals surface area contributed by atoms with Gasteiger partial charge >= 0.3 is 0 Å². The van der Waals surface area contributed by atoms with Crippen molar-refractivity contribution >= 4 is 5.91 Å². The second-order valence-corrected chi connectivity index (χ2v) is 8.10. The van der Waals surface area contributed by atoms with Crippen LogP contribution in [0.4, 0.5) is 0 Å². The SMILES string of the molecule is CNCCN1C(=O)CCC2CN(Cc3cn(-c4ccccc4)nc3C)CCC21. The Hall–Kier alpha value is -2.18. The first-order valence-corrected chi connectivity index (χ1v) is 10.4. The second-order valence-electron chi connectivity index (χ2n) is 8.10. The number of hydrogen-bond acceptors (Lipinski definition) is 4. The number of likely N-dealkylation sites (N-methyl/N-ethyl adjacent to an activating group) is 1. The van der Waals surface area contributed by atoms with Gasteiger partial charge in [-0.1, -0.05) is 18.2 Å². The normalized spacial score (nSPS) is 23.1. The van der Waals surface area contributed by atoms with Gasteiger partial charge in [0, 0.05) is 56.9 Å². The summed E-state index contributed by atoms with van der Waals surface area (Å²) in [4.78, 5) is 17.1. The quantitative estimate of drug-likeness (QED) is 0.834. The van der Waals surface area contributed by atoms with Crippen molar-refractivity contribution < 1.29 is 4.79 Å². The monoisotopic (exact) mass is 381 g/mol. The highest BCUT2D eigenvalue weighted by Gasteiger charge is 2.38. The first kappa shape index (κ1) is 19.2. The smallest absolute Gasteiger partial charge is 0.222 e. The maximum Gasteiger partial charge on any atom is 0.222 e. The molecule has 2 aliphatic rings. The third kappa shape index (κ3) is 3.98. The molecule has 1 aromatic carbocycles. The summed E-state index contributed by atoms with van der Waals surface area (Å²) in [5.41, 5.74) is 3.49. The highest BCUT2D eigenvalue weighted by atomic mass is 16.2. The van der Waals surface area contributed by atoms with Crippen molar-refractivity contribution in [1.82, 2.24) is 24.9 Å². The number of carbonyl (C=O) groups excluding carboxylic acids is 1. The first-order chi connectivity index (χ1) is 13.7. The molecule has 2 unspecified atom stereocenters. The summed E-state index contributed by atoms with van der Waals surface area (Å²) in [5.74, 6) is 0.928. The van der Waals surface area contributed by atoms with E-state index in [4.69, 9.17) is 5.10 Å². The van der Waals surface area contributed by atoms with Crippen LogP contribution in [0.2, 0.25) is 0 Å².